The quantitative estimate of drug-likeness (QED) is 0.355. The molecule has 0 unspecified atom stereocenters. The van der Waals surface area contributed by atoms with Crippen molar-refractivity contribution >= 4 is 0 Å². The highest BCUT2D eigenvalue weighted by molar-refractivity contribution is 5.18. The first kappa shape index (κ1) is 7.04. The molecular formula is C8H10. The second-order valence-electron chi connectivity index (χ2n) is 1.28. The average Bonchev–Trinajstić information content (AvgIpc) is 1.81. The third kappa shape index (κ3) is 5.04. The highest BCUT2D eigenvalue weighted by Crippen LogP contribution is 1.72. The molecule has 0 aromatic heterocycles. The van der Waals surface area contributed by atoms with Crippen molar-refractivity contribution in [2.75, 3.05) is 0 Å². The fourth-order valence-corrected chi connectivity index (χ4v) is 0.298. The fourth-order valence-electron chi connectivity index (χ4n) is 0.298. The third-order valence-corrected chi connectivity index (χ3v) is 0.627. The lowest BCUT2D eigenvalue weighted by Crippen LogP contribution is -1.46. The van der Waals surface area contributed by atoms with Crippen LogP contribution in [0.4, 0.5) is 0 Å². The average molecular weight is 106 g/mol. The zero-order chi connectivity index (χ0) is 6.24. The van der Waals surface area contributed by atoms with Crippen molar-refractivity contribution in [1.82, 2.24) is 0 Å². The number of hydrogen-bond acceptors (Lipinski definition) is 0. The molecule has 0 aromatic rings. The van der Waals surface area contributed by atoms with Gasteiger partial charge < -0.3 is 0 Å². The summed E-state index contributed by atoms with van der Waals surface area (Å²) in [5.74, 6) is 5.56. The van der Waals surface area contributed by atoms with Gasteiger partial charge in [0.15, 0.2) is 0 Å². The van der Waals surface area contributed by atoms with Crippen molar-refractivity contribution < 1.29 is 0 Å². The van der Waals surface area contributed by atoms with Gasteiger partial charge in [0, 0.05) is 0 Å². The molecule has 0 amide bonds. The molecule has 42 valence electrons. The SMILES string of the molecule is CC#C/C=C\C=C\C. The Morgan fingerprint density at radius 1 is 1.25 bits per heavy atom. The molecule has 0 saturated heterocycles. The summed E-state index contributed by atoms with van der Waals surface area (Å²) in [6.07, 6.45) is 7.65. The molecule has 0 fully saturated rings. The van der Waals surface area contributed by atoms with Crippen LogP contribution in [0.3, 0.4) is 0 Å². The summed E-state index contributed by atoms with van der Waals surface area (Å²) in [5, 5.41) is 0. The van der Waals surface area contributed by atoms with E-state index < -0.39 is 0 Å². The van der Waals surface area contributed by atoms with Crippen LogP contribution in [-0.4, -0.2) is 0 Å². The Morgan fingerprint density at radius 3 is 2.50 bits per heavy atom. The second-order valence-corrected chi connectivity index (χ2v) is 1.28. The Hall–Kier alpha value is -0.960. The van der Waals surface area contributed by atoms with Gasteiger partial charge in [0.1, 0.15) is 0 Å². The van der Waals surface area contributed by atoms with Gasteiger partial charge in [-0.25, -0.2) is 0 Å². The molecule has 0 spiro atoms. The van der Waals surface area contributed by atoms with Crippen molar-refractivity contribution in [3.63, 3.8) is 0 Å². The number of rotatable bonds is 1. The van der Waals surface area contributed by atoms with Crippen LogP contribution in [0.1, 0.15) is 13.8 Å². The van der Waals surface area contributed by atoms with Gasteiger partial charge in [0.2, 0.25) is 0 Å². The van der Waals surface area contributed by atoms with Gasteiger partial charge in [-0.1, -0.05) is 24.1 Å². The largest absolute Gasteiger partial charge is 0.102 e. The van der Waals surface area contributed by atoms with Crippen LogP contribution in [0.2, 0.25) is 0 Å². The first-order valence-corrected chi connectivity index (χ1v) is 2.62. The summed E-state index contributed by atoms with van der Waals surface area (Å²) >= 11 is 0. The molecule has 0 aliphatic rings. The van der Waals surface area contributed by atoms with E-state index >= 15 is 0 Å². The Kier molecular flexibility index (Phi) is 5.32. The molecule has 0 nitrogen and oxygen atoms in total. The van der Waals surface area contributed by atoms with Gasteiger partial charge in [-0.05, 0) is 19.9 Å². The first-order chi connectivity index (χ1) is 3.91. The van der Waals surface area contributed by atoms with Crippen LogP contribution in [-0.2, 0) is 0 Å². The third-order valence-electron chi connectivity index (χ3n) is 0.627. The lowest BCUT2D eigenvalue weighted by atomic mass is 10.4. The van der Waals surface area contributed by atoms with Crippen molar-refractivity contribution in [2.24, 2.45) is 0 Å². The van der Waals surface area contributed by atoms with Crippen molar-refractivity contribution in [3.8, 4) is 11.8 Å². The summed E-state index contributed by atoms with van der Waals surface area (Å²) < 4.78 is 0. The molecule has 8 heavy (non-hydrogen) atoms. The normalized spacial score (nSPS) is 9.75. The smallest absolute Gasteiger partial charge is 0.00235 e. The lowest BCUT2D eigenvalue weighted by Gasteiger charge is -1.64. The van der Waals surface area contributed by atoms with E-state index in [-0.39, 0.29) is 0 Å². The van der Waals surface area contributed by atoms with Crippen molar-refractivity contribution in [3.05, 3.63) is 24.3 Å². The van der Waals surface area contributed by atoms with E-state index in [4.69, 9.17) is 0 Å². The molecule has 0 aromatic carbocycles. The summed E-state index contributed by atoms with van der Waals surface area (Å²) in [7, 11) is 0. The van der Waals surface area contributed by atoms with E-state index in [9.17, 15) is 0 Å². The highest BCUT2D eigenvalue weighted by Gasteiger charge is 1.53. The van der Waals surface area contributed by atoms with Crippen LogP contribution >= 0.6 is 0 Å². The van der Waals surface area contributed by atoms with E-state index in [1.54, 1.807) is 0 Å². The lowest BCUT2D eigenvalue weighted by molar-refractivity contribution is 1.73. The molecule has 0 heteroatoms. The minimum absolute atomic E-state index is 1.82. The summed E-state index contributed by atoms with van der Waals surface area (Å²) in [6, 6.07) is 0. The Labute approximate surface area is 50.9 Å². The van der Waals surface area contributed by atoms with E-state index in [1.165, 1.54) is 0 Å². The molecule has 0 radical (unpaired) electrons. The molecule has 0 saturated carbocycles. The van der Waals surface area contributed by atoms with Gasteiger partial charge in [-0.15, -0.1) is 5.92 Å². The predicted molar refractivity (Wildman–Crippen MR) is 37.4 cm³/mol. The number of hydrogen-bond donors (Lipinski definition) is 0. The Morgan fingerprint density at radius 2 is 2.00 bits per heavy atom. The summed E-state index contributed by atoms with van der Waals surface area (Å²) in [6.45, 7) is 3.80. The van der Waals surface area contributed by atoms with Gasteiger partial charge in [-0.2, -0.15) is 0 Å². The predicted octanol–water partition coefficient (Wildman–Crippen LogP) is 2.14. The highest BCUT2D eigenvalue weighted by atomic mass is 13.6. The van der Waals surface area contributed by atoms with Gasteiger partial charge >= 0.3 is 0 Å². The molecule has 0 N–H and O–H groups in total. The molecular weight excluding hydrogens is 96.1 g/mol. The molecule has 0 atom stereocenters. The minimum atomic E-state index is 1.82. The van der Waals surface area contributed by atoms with E-state index in [0.717, 1.165) is 0 Å². The Bertz CT molecular complexity index is 139. The first-order valence-electron chi connectivity index (χ1n) is 2.62. The van der Waals surface area contributed by atoms with Crippen LogP contribution in [0, 0.1) is 11.8 Å². The van der Waals surface area contributed by atoms with Gasteiger partial charge in [0.05, 0.1) is 0 Å². The maximum absolute atomic E-state index is 2.80. The Balaban J connectivity index is 3.45. The maximum Gasteiger partial charge on any atom is -0.00235 e. The van der Waals surface area contributed by atoms with Crippen molar-refractivity contribution in [1.29, 1.82) is 0 Å². The topological polar surface area (TPSA) is 0 Å². The van der Waals surface area contributed by atoms with Gasteiger partial charge in [-0.3, -0.25) is 0 Å². The second kappa shape index (κ2) is 6.04. The standard InChI is InChI=1S/C8H10/c1-3-5-7-8-6-4-2/h3,5,7-8H,1-2H3/b5-3+,8-7-. The van der Waals surface area contributed by atoms with Crippen LogP contribution < -0.4 is 0 Å². The zero-order valence-electron chi connectivity index (χ0n) is 5.31. The van der Waals surface area contributed by atoms with Crippen LogP contribution in [0.25, 0.3) is 0 Å². The van der Waals surface area contributed by atoms with E-state index in [0.29, 0.717) is 0 Å². The van der Waals surface area contributed by atoms with E-state index in [2.05, 4.69) is 11.8 Å². The number of allylic oxidation sites excluding steroid dienone is 4. The van der Waals surface area contributed by atoms with Crippen LogP contribution in [0.15, 0.2) is 24.3 Å². The van der Waals surface area contributed by atoms with Crippen molar-refractivity contribution in [2.45, 2.75) is 13.8 Å². The maximum atomic E-state index is 2.80. The fraction of sp³-hybridized carbons (Fsp3) is 0.250. The summed E-state index contributed by atoms with van der Waals surface area (Å²) in [4.78, 5) is 0. The van der Waals surface area contributed by atoms with Gasteiger partial charge in [0.25, 0.3) is 0 Å². The molecule has 0 heterocycles. The summed E-state index contributed by atoms with van der Waals surface area (Å²) in [5.41, 5.74) is 0. The zero-order valence-corrected chi connectivity index (χ0v) is 5.31. The van der Waals surface area contributed by atoms with Crippen LogP contribution in [0.5, 0.6) is 0 Å². The molecule has 0 aliphatic heterocycles. The molecule has 0 rings (SSSR count). The molecule has 0 aliphatic carbocycles. The monoisotopic (exact) mass is 106 g/mol. The minimum Gasteiger partial charge on any atom is -0.102 e. The molecule has 0 bridgehead atoms. The van der Waals surface area contributed by atoms with E-state index in [1.807, 2.05) is 38.2 Å².